The average molecular weight is 261 g/mol. The Balaban J connectivity index is 1.74. The molecule has 0 spiro atoms. The van der Waals surface area contributed by atoms with Gasteiger partial charge in [0.1, 0.15) is 18.0 Å². The number of rotatable bonds is 3. The Morgan fingerprint density at radius 1 is 0.889 bits per heavy atom. The van der Waals surface area contributed by atoms with E-state index in [9.17, 15) is 0 Å². The standard InChI is InChI=1S/C15H13ClO2/c1-17-13-8-4-11(5-9-13)15-14(18-15)10-2-6-12(16)7-3-10/h2-9,14-15H,1H3/t14-,15+/m0/s1. The molecule has 3 heteroatoms. The van der Waals surface area contributed by atoms with E-state index in [4.69, 9.17) is 21.1 Å². The van der Waals surface area contributed by atoms with Crippen LogP contribution in [0.4, 0.5) is 0 Å². The molecule has 92 valence electrons. The molecular weight excluding hydrogens is 248 g/mol. The van der Waals surface area contributed by atoms with Gasteiger partial charge in [0.15, 0.2) is 0 Å². The van der Waals surface area contributed by atoms with E-state index in [1.165, 1.54) is 11.1 Å². The van der Waals surface area contributed by atoms with Gasteiger partial charge in [-0.2, -0.15) is 0 Å². The van der Waals surface area contributed by atoms with Crippen molar-refractivity contribution in [1.29, 1.82) is 0 Å². The Labute approximate surface area is 111 Å². The molecule has 0 N–H and O–H groups in total. The topological polar surface area (TPSA) is 21.8 Å². The highest BCUT2D eigenvalue weighted by atomic mass is 35.5. The maximum Gasteiger partial charge on any atom is 0.118 e. The first-order valence-electron chi connectivity index (χ1n) is 5.83. The van der Waals surface area contributed by atoms with Crippen LogP contribution in [-0.4, -0.2) is 7.11 Å². The predicted octanol–water partition coefficient (Wildman–Crippen LogP) is 4.16. The van der Waals surface area contributed by atoms with Crippen molar-refractivity contribution in [3.05, 3.63) is 64.7 Å². The molecule has 2 atom stereocenters. The molecule has 1 aliphatic heterocycles. The monoisotopic (exact) mass is 260 g/mol. The van der Waals surface area contributed by atoms with Gasteiger partial charge in [0.2, 0.25) is 0 Å². The molecule has 0 aliphatic carbocycles. The number of hydrogen-bond donors (Lipinski definition) is 0. The molecule has 0 aromatic heterocycles. The molecule has 0 bridgehead atoms. The zero-order valence-electron chi connectivity index (χ0n) is 9.97. The van der Waals surface area contributed by atoms with E-state index >= 15 is 0 Å². The van der Waals surface area contributed by atoms with Gasteiger partial charge in [-0.25, -0.2) is 0 Å². The van der Waals surface area contributed by atoms with Gasteiger partial charge in [-0.1, -0.05) is 35.9 Å². The predicted molar refractivity (Wildman–Crippen MR) is 71.0 cm³/mol. The van der Waals surface area contributed by atoms with E-state index in [-0.39, 0.29) is 12.2 Å². The van der Waals surface area contributed by atoms with Crippen LogP contribution in [0.2, 0.25) is 5.02 Å². The third-order valence-electron chi connectivity index (χ3n) is 3.13. The first-order chi connectivity index (χ1) is 8.78. The lowest BCUT2D eigenvalue weighted by molar-refractivity contribution is 0.377. The van der Waals surface area contributed by atoms with Gasteiger partial charge < -0.3 is 9.47 Å². The van der Waals surface area contributed by atoms with Crippen LogP contribution in [0.25, 0.3) is 0 Å². The van der Waals surface area contributed by atoms with Crippen molar-refractivity contribution in [2.75, 3.05) is 7.11 Å². The second kappa shape index (κ2) is 4.63. The minimum Gasteiger partial charge on any atom is -0.497 e. The van der Waals surface area contributed by atoms with Gasteiger partial charge in [-0.05, 0) is 35.4 Å². The minimum atomic E-state index is 0.149. The Hall–Kier alpha value is -1.51. The second-order valence-corrected chi connectivity index (χ2v) is 4.74. The van der Waals surface area contributed by atoms with Crippen LogP contribution in [0.5, 0.6) is 5.75 Å². The molecule has 0 radical (unpaired) electrons. The van der Waals surface area contributed by atoms with Crippen LogP contribution in [-0.2, 0) is 4.74 Å². The third-order valence-corrected chi connectivity index (χ3v) is 3.39. The summed E-state index contributed by atoms with van der Waals surface area (Å²) >= 11 is 5.87. The van der Waals surface area contributed by atoms with Crippen molar-refractivity contribution in [3.63, 3.8) is 0 Å². The van der Waals surface area contributed by atoms with Crippen LogP contribution in [0.15, 0.2) is 48.5 Å². The lowest BCUT2D eigenvalue weighted by Gasteiger charge is -2.00. The first-order valence-corrected chi connectivity index (χ1v) is 6.20. The average Bonchev–Trinajstić information content (AvgIpc) is 3.20. The van der Waals surface area contributed by atoms with Crippen molar-refractivity contribution in [2.45, 2.75) is 12.2 Å². The summed E-state index contributed by atoms with van der Waals surface area (Å²) < 4.78 is 10.9. The summed E-state index contributed by atoms with van der Waals surface area (Å²) in [5.41, 5.74) is 2.34. The van der Waals surface area contributed by atoms with Crippen molar-refractivity contribution in [2.24, 2.45) is 0 Å². The SMILES string of the molecule is COc1ccc([C@H]2O[C@H]2c2ccc(Cl)cc2)cc1. The molecule has 1 saturated heterocycles. The fourth-order valence-corrected chi connectivity index (χ4v) is 2.19. The highest BCUT2D eigenvalue weighted by Gasteiger charge is 2.41. The number of hydrogen-bond acceptors (Lipinski definition) is 2. The van der Waals surface area contributed by atoms with Crippen LogP contribution in [0.1, 0.15) is 23.3 Å². The molecule has 3 rings (SSSR count). The van der Waals surface area contributed by atoms with Crippen molar-refractivity contribution >= 4 is 11.6 Å². The van der Waals surface area contributed by atoms with Crippen molar-refractivity contribution in [3.8, 4) is 5.75 Å². The number of ether oxygens (including phenoxy) is 2. The fraction of sp³-hybridized carbons (Fsp3) is 0.200. The molecule has 0 unspecified atom stereocenters. The molecule has 1 aliphatic rings. The molecule has 0 amide bonds. The summed E-state index contributed by atoms with van der Waals surface area (Å²) in [6.45, 7) is 0. The number of methoxy groups -OCH3 is 1. The van der Waals surface area contributed by atoms with Gasteiger partial charge in [0, 0.05) is 5.02 Å². The van der Waals surface area contributed by atoms with Crippen molar-refractivity contribution < 1.29 is 9.47 Å². The highest BCUT2D eigenvalue weighted by molar-refractivity contribution is 6.30. The van der Waals surface area contributed by atoms with Gasteiger partial charge in [0.05, 0.1) is 7.11 Å². The summed E-state index contributed by atoms with van der Waals surface area (Å²) in [6.07, 6.45) is 0.299. The van der Waals surface area contributed by atoms with E-state index in [0.29, 0.717) is 0 Å². The van der Waals surface area contributed by atoms with E-state index in [1.54, 1.807) is 7.11 Å². The third kappa shape index (κ3) is 2.22. The second-order valence-electron chi connectivity index (χ2n) is 4.30. The number of benzene rings is 2. The van der Waals surface area contributed by atoms with Crippen LogP contribution in [0.3, 0.4) is 0 Å². The molecule has 18 heavy (non-hydrogen) atoms. The maximum atomic E-state index is 5.87. The van der Waals surface area contributed by atoms with Gasteiger partial charge in [-0.3, -0.25) is 0 Å². The van der Waals surface area contributed by atoms with Crippen LogP contribution < -0.4 is 4.74 Å². The molecular formula is C15H13ClO2. The normalized spacial score (nSPS) is 21.7. The van der Waals surface area contributed by atoms with E-state index in [2.05, 4.69) is 0 Å². The molecule has 2 aromatic rings. The zero-order valence-corrected chi connectivity index (χ0v) is 10.7. The summed E-state index contributed by atoms with van der Waals surface area (Å²) in [4.78, 5) is 0. The summed E-state index contributed by atoms with van der Waals surface area (Å²) in [7, 11) is 1.67. The fourth-order valence-electron chi connectivity index (χ4n) is 2.07. The highest BCUT2D eigenvalue weighted by Crippen LogP contribution is 2.51. The molecule has 2 nitrogen and oxygen atoms in total. The van der Waals surface area contributed by atoms with E-state index in [1.807, 2.05) is 48.5 Å². The Morgan fingerprint density at radius 2 is 1.39 bits per heavy atom. The van der Waals surface area contributed by atoms with Crippen LogP contribution in [0, 0.1) is 0 Å². The Morgan fingerprint density at radius 3 is 1.89 bits per heavy atom. The Bertz CT molecular complexity index is 533. The van der Waals surface area contributed by atoms with Crippen molar-refractivity contribution in [1.82, 2.24) is 0 Å². The van der Waals surface area contributed by atoms with E-state index < -0.39 is 0 Å². The molecule has 1 fully saturated rings. The summed E-state index contributed by atoms with van der Waals surface area (Å²) in [6, 6.07) is 15.8. The summed E-state index contributed by atoms with van der Waals surface area (Å²) in [5, 5.41) is 0.750. The molecule has 2 aromatic carbocycles. The lowest BCUT2D eigenvalue weighted by Crippen LogP contribution is -1.86. The van der Waals surface area contributed by atoms with E-state index in [0.717, 1.165) is 10.8 Å². The largest absolute Gasteiger partial charge is 0.497 e. The minimum absolute atomic E-state index is 0.149. The quantitative estimate of drug-likeness (QED) is 0.773. The van der Waals surface area contributed by atoms with Gasteiger partial charge in [0.25, 0.3) is 0 Å². The summed E-state index contributed by atoms with van der Waals surface area (Å²) in [5.74, 6) is 0.863. The zero-order chi connectivity index (χ0) is 12.5. The molecule has 1 heterocycles. The number of halogens is 1. The van der Waals surface area contributed by atoms with Gasteiger partial charge in [-0.15, -0.1) is 0 Å². The first kappa shape index (κ1) is 11.6. The Kier molecular flexibility index (Phi) is 2.98. The number of epoxide rings is 1. The smallest absolute Gasteiger partial charge is 0.118 e. The maximum absolute atomic E-state index is 5.87. The van der Waals surface area contributed by atoms with Crippen LogP contribution >= 0.6 is 11.6 Å². The van der Waals surface area contributed by atoms with Gasteiger partial charge >= 0.3 is 0 Å². The molecule has 0 saturated carbocycles. The lowest BCUT2D eigenvalue weighted by atomic mass is 10.0.